The van der Waals surface area contributed by atoms with Gasteiger partial charge in [-0.15, -0.1) is 0 Å². The number of hydrogen-bond acceptors (Lipinski definition) is 4. The van der Waals surface area contributed by atoms with Gasteiger partial charge >= 0.3 is 0 Å². The van der Waals surface area contributed by atoms with Crippen molar-refractivity contribution < 1.29 is 4.74 Å². The summed E-state index contributed by atoms with van der Waals surface area (Å²) in [5.74, 6) is 0. The summed E-state index contributed by atoms with van der Waals surface area (Å²) in [6.07, 6.45) is 1.90. The summed E-state index contributed by atoms with van der Waals surface area (Å²) in [5.41, 5.74) is 7.86. The fraction of sp³-hybridized carbons (Fsp3) is 0.583. The van der Waals surface area contributed by atoms with Crippen molar-refractivity contribution in [3.63, 3.8) is 0 Å². The van der Waals surface area contributed by atoms with E-state index in [1.165, 1.54) is 0 Å². The lowest BCUT2D eigenvalue weighted by atomic mass is 10.2. The molecule has 16 heavy (non-hydrogen) atoms. The molecule has 1 fully saturated rings. The third kappa shape index (κ3) is 2.33. The first-order chi connectivity index (χ1) is 7.68. The van der Waals surface area contributed by atoms with Gasteiger partial charge in [-0.25, -0.2) is 0 Å². The van der Waals surface area contributed by atoms with E-state index in [1.807, 2.05) is 19.2 Å². The minimum Gasteiger partial charge on any atom is -0.377 e. The van der Waals surface area contributed by atoms with E-state index in [2.05, 4.69) is 22.9 Å². The molecule has 0 amide bonds. The lowest BCUT2D eigenvalue weighted by Gasteiger charge is -2.35. The van der Waals surface area contributed by atoms with Gasteiger partial charge in [-0.2, -0.15) is 0 Å². The van der Waals surface area contributed by atoms with Gasteiger partial charge in [0.05, 0.1) is 30.8 Å². The molecule has 1 unspecified atom stereocenters. The average molecular weight is 221 g/mol. The summed E-state index contributed by atoms with van der Waals surface area (Å²) in [6.45, 7) is 6.62. The third-order valence-electron chi connectivity index (χ3n) is 2.94. The Hall–Kier alpha value is -1.13. The van der Waals surface area contributed by atoms with E-state index in [1.54, 1.807) is 0 Å². The highest BCUT2D eigenvalue weighted by Crippen LogP contribution is 2.19. The van der Waals surface area contributed by atoms with Crippen LogP contribution >= 0.6 is 0 Å². The molecular formula is C12H19N3O. The van der Waals surface area contributed by atoms with Gasteiger partial charge in [0.1, 0.15) is 0 Å². The number of anilines is 1. The highest BCUT2D eigenvalue weighted by Gasteiger charge is 2.19. The largest absolute Gasteiger partial charge is 0.377 e. The summed E-state index contributed by atoms with van der Waals surface area (Å²) in [6, 6.07) is 4.50. The molecule has 0 saturated carbocycles. The van der Waals surface area contributed by atoms with Gasteiger partial charge in [0.25, 0.3) is 0 Å². The van der Waals surface area contributed by atoms with E-state index in [0.717, 1.165) is 31.1 Å². The first kappa shape index (κ1) is 11.4. The molecule has 2 rings (SSSR count). The van der Waals surface area contributed by atoms with Gasteiger partial charge in [0.15, 0.2) is 0 Å². The number of nitrogens with zero attached hydrogens (tertiary/aromatic N) is 2. The van der Waals surface area contributed by atoms with Gasteiger partial charge in [0, 0.05) is 18.6 Å². The Morgan fingerprint density at radius 2 is 2.38 bits per heavy atom. The molecule has 88 valence electrons. The molecule has 0 aliphatic carbocycles. The predicted octanol–water partition coefficient (Wildman–Crippen LogP) is 1.33. The minimum absolute atomic E-state index is 0.00355. The molecule has 4 nitrogen and oxygen atoms in total. The first-order valence-electron chi connectivity index (χ1n) is 5.74. The van der Waals surface area contributed by atoms with Crippen LogP contribution in [0.5, 0.6) is 0 Å². The molecule has 0 aromatic carbocycles. The smallest absolute Gasteiger partial charge is 0.0668 e. The van der Waals surface area contributed by atoms with Crippen molar-refractivity contribution >= 4 is 5.69 Å². The molecule has 1 aromatic heterocycles. The SMILES string of the molecule is CC1COCCN1c1ccc([C@@H](C)N)nc1. The van der Waals surface area contributed by atoms with Crippen LogP contribution in [0.15, 0.2) is 18.3 Å². The van der Waals surface area contributed by atoms with E-state index in [0.29, 0.717) is 6.04 Å². The second-order valence-corrected chi connectivity index (χ2v) is 4.35. The van der Waals surface area contributed by atoms with Crippen LogP contribution in [0, 0.1) is 0 Å². The van der Waals surface area contributed by atoms with E-state index in [9.17, 15) is 0 Å². The number of aromatic nitrogens is 1. The Labute approximate surface area is 96.4 Å². The van der Waals surface area contributed by atoms with Crippen molar-refractivity contribution in [3.05, 3.63) is 24.0 Å². The van der Waals surface area contributed by atoms with E-state index >= 15 is 0 Å². The zero-order valence-electron chi connectivity index (χ0n) is 9.89. The highest BCUT2D eigenvalue weighted by atomic mass is 16.5. The molecule has 0 spiro atoms. The molecule has 2 atom stereocenters. The van der Waals surface area contributed by atoms with Crippen LogP contribution in [0.1, 0.15) is 25.6 Å². The van der Waals surface area contributed by atoms with Crippen molar-refractivity contribution in [2.45, 2.75) is 25.9 Å². The summed E-state index contributed by atoms with van der Waals surface area (Å²) < 4.78 is 5.41. The zero-order chi connectivity index (χ0) is 11.5. The fourth-order valence-electron chi connectivity index (χ4n) is 1.95. The van der Waals surface area contributed by atoms with E-state index in [4.69, 9.17) is 10.5 Å². The second-order valence-electron chi connectivity index (χ2n) is 4.35. The van der Waals surface area contributed by atoms with E-state index in [-0.39, 0.29) is 6.04 Å². The highest BCUT2D eigenvalue weighted by molar-refractivity contribution is 5.46. The summed E-state index contributed by atoms with van der Waals surface area (Å²) in [4.78, 5) is 6.70. The number of hydrogen-bond donors (Lipinski definition) is 1. The Morgan fingerprint density at radius 1 is 1.56 bits per heavy atom. The Morgan fingerprint density at radius 3 is 2.94 bits per heavy atom. The molecule has 2 N–H and O–H groups in total. The molecular weight excluding hydrogens is 202 g/mol. The lowest BCUT2D eigenvalue weighted by Crippen LogP contribution is -2.43. The Bertz CT molecular complexity index is 337. The van der Waals surface area contributed by atoms with Crippen molar-refractivity contribution in [1.29, 1.82) is 0 Å². The zero-order valence-corrected chi connectivity index (χ0v) is 9.89. The van der Waals surface area contributed by atoms with Crippen molar-refractivity contribution in [3.8, 4) is 0 Å². The predicted molar refractivity (Wildman–Crippen MR) is 64.5 cm³/mol. The summed E-state index contributed by atoms with van der Waals surface area (Å²) in [5, 5.41) is 0. The summed E-state index contributed by atoms with van der Waals surface area (Å²) in [7, 11) is 0. The van der Waals surface area contributed by atoms with Crippen LogP contribution in [0.4, 0.5) is 5.69 Å². The van der Waals surface area contributed by atoms with Crippen LogP contribution < -0.4 is 10.6 Å². The third-order valence-corrected chi connectivity index (χ3v) is 2.94. The molecule has 2 heterocycles. The van der Waals surface area contributed by atoms with Crippen LogP contribution in [-0.4, -0.2) is 30.8 Å². The normalized spacial score (nSPS) is 23.2. The molecule has 0 bridgehead atoms. The van der Waals surface area contributed by atoms with Gasteiger partial charge < -0.3 is 15.4 Å². The first-order valence-corrected chi connectivity index (χ1v) is 5.74. The maximum Gasteiger partial charge on any atom is 0.0668 e. The van der Waals surface area contributed by atoms with Crippen molar-refractivity contribution in [2.24, 2.45) is 5.73 Å². The standard InChI is InChI=1S/C12H19N3O/c1-9-8-16-6-5-15(9)11-3-4-12(10(2)13)14-7-11/h3-4,7,9-10H,5-6,8,13H2,1-2H3/t9?,10-/m1/s1. The number of ether oxygens (including phenoxy) is 1. The van der Waals surface area contributed by atoms with Gasteiger partial charge in [-0.3, -0.25) is 4.98 Å². The lowest BCUT2D eigenvalue weighted by molar-refractivity contribution is 0.0989. The second kappa shape index (κ2) is 4.80. The Kier molecular flexibility index (Phi) is 3.41. The molecule has 4 heteroatoms. The Balaban J connectivity index is 2.14. The number of nitrogens with two attached hydrogens (primary N) is 1. The maximum atomic E-state index is 5.77. The van der Waals surface area contributed by atoms with Crippen LogP contribution in [0.3, 0.4) is 0 Å². The molecule has 1 aromatic rings. The van der Waals surface area contributed by atoms with Crippen molar-refractivity contribution in [1.82, 2.24) is 4.98 Å². The fourth-order valence-corrected chi connectivity index (χ4v) is 1.95. The molecule has 1 aliphatic rings. The number of morpholine rings is 1. The minimum atomic E-state index is -0.00355. The van der Waals surface area contributed by atoms with Gasteiger partial charge in [-0.05, 0) is 26.0 Å². The topological polar surface area (TPSA) is 51.4 Å². The van der Waals surface area contributed by atoms with Gasteiger partial charge in [-0.1, -0.05) is 0 Å². The summed E-state index contributed by atoms with van der Waals surface area (Å²) >= 11 is 0. The maximum absolute atomic E-state index is 5.77. The quantitative estimate of drug-likeness (QED) is 0.818. The number of pyridine rings is 1. The van der Waals surface area contributed by atoms with Gasteiger partial charge in [0.2, 0.25) is 0 Å². The molecule has 1 aliphatic heterocycles. The van der Waals surface area contributed by atoms with Crippen LogP contribution in [-0.2, 0) is 4.74 Å². The monoisotopic (exact) mass is 221 g/mol. The van der Waals surface area contributed by atoms with Crippen molar-refractivity contribution in [2.75, 3.05) is 24.7 Å². The number of rotatable bonds is 2. The van der Waals surface area contributed by atoms with Crippen LogP contribution in [0.2, 0.25) is 0 Å². The molecule has 1 saturated heterocycles. The average Bonchev–Trinajstić information content (AvgIpc) is 2.30. The van der Waals surface area contributed by atoms with Crippen LogP contribution in [0.25, 0.3) is 0 Å². The van der Waals surface area contributed by atoms with E-state index < -0.39 is 0 Å². The molecule has 0 radical (unpaired) electrons.